The second kappa shape index (κ2) is 7.20. The predicted octanol–water partition coefficient (Wildman–Crippen LogP) is 0.607. The Morgan fingerprint density at radius 1 is 1.44 bits per heavy atom. The fourth-order valence-corrected chi connectivity index (χ4v) is 2.20. The fourth-order valence-electron chi connectivity index (χ4n) is 2.20. The van der Waals surface area contributed by atoms with Gasteiger partial charge in [0.25, 0.3) is 0 Å². The van der Waals surface area contributed by atoms with Crippen molar-refractivity contribution in [3.63, 3.8) is 0 Å². The van der Waals surface area contributed by atoms with Gasteiger partial charge in [0.15, 0.2) is 0 Å². The Hall–Kier alpha value is -1.30. The van der Waals surface area contributed by atoms with E-state index in [1.807, 2.05) is 6.92 Å². The molecule has 0 aromatic rings. The second-order valence-electron chi connectivity index (χ2n) is 4.56. The van der Waals surface area contributed by atoms with Crippen molar-refractivity contribution in [3.05, 3.63) is 0 Å². The van der Waals surface area contributed by atoms with Gasteiger partial charge in [-0.15, -0.1) is 0 Å². The third kappa shape index (κ3) is 3.87. The molecule has 6 heteroatoms. The number of hydrogen-bond donors (Lipinski definition) is 2. The Morgan fingerprint density at radius 3 is 2.72 bits per heavy atom. The molecule has 1 rings (SSSR count). The standard InChI is InChI=1S/C12H22N2O4/c1-2-13(7-4-8-15)12(18)14-6-3-5-10(9-14)11(16)17/h10,15H,2-9H2,1H3,(H,16,17)/t10-/m0/s1. The molecule has 2 amide bonds. The van der Waals surface area contributed by atoms with Crippen LogP contribution in [-0.4, -0.2) is 64.8 Å². The van der Waals surface area contributed by atoms with Crippen LogP contribution in [-0.2, 0) is 4.79 Å². The van der Waals surface area contributed by atoms with Crippen LogP contribution in [0.25, 0.3) is 0 Å². The van der Waals surface area contributed by atoms with Crippen molar-refractivity contribution in [2.24, 2.45) is 5.92 Å². The first kappa shape index (κ1) is 14.8. The molecule has 6 nitrogen and oxygen atoms in total. The molecular formula is C12H22N2O4. The Balaban J connectivity index is 2.55. The van der Waals surface area contributed by atoms with Crippen LogP contribution >= 0.6 is 0 Å². The molecule has 1 atom stereocenters. The van der Waals surface area contributed by atoms with Gasteiger partial charge in [0, 0.05) is 32.8 Å². The summed E-state index contributed by atoms with van der Waals surface area (Å²) < 4.78 is 0. The number of carboxylic acid groups (broad SMARTS) is 1. The monoisotopic (exact) mass is 258 g/mol. The molecule has 1 saturated heterocycles. The van der Waals surface area contributed by atoms with Crippen molar-refractivity contribution >= 4 is 12.0 Å². The normalized spacial score (nSPS) is 19.7. The number of aliphatic hydroxyl groups is 1. The number of amides is 2. The third-order valence-electron chi connectivity index (χ3n) is 3.28. The third-order valence-corrected chi connectivity index (χ3v) is 3.28. The van der Waals surface area contributed by atoms with Crippen LogP contribution in [0.1, 0.15) is 26.2 Å². The predicted molar refractivity (Wildman–Crippen MR) is 66.3 cm³/mol. The molecule has 0 spiro atoms. The number of nitrogens with zero attached hydrogens (tertiary/aromatic N) is 2. The summed E-state index contributed by atoms with van der Waals surface area (Å²) in [6.45, 7) is 3.95. The number of piperidine rings is 1. The minimum absolute atomic E-state index is 0.0571. The maximum atomic E-state index is 12.2. The van der Waals surface area contributed by atoms with Crippen LogP contribution < -0.4 is 0 Å². The molecule has 104 valence electrons. The highest BCUT2D eigenvalue weighted by atomic mass is 16.4. The summed E-state index contributed by atoms with van der Waals surface area (Å²) in [5.74, 6) is -1.27. The topological polar surface area (TPSA) is 81.1 Å². The molecule has 0 aromatic carbocycles. The van der Waals surface area contributed by atoms with E-state index in [4.69, 9.17) is 10.2 Å². The summed E-state index contributed by atoms with van der Waals surface area (Å²) >= 11 is 0. The highest BCUT2D eigenvalue weighted by Crippen LogP contribution is 2.18. The molecule has 1 aliphatic rings. The molecule has 0 radical (unpaired) electrons. The van der Waals surface area contributed by atoms with E-state index in [2.05, 4.69) is 0 Å². The lowest BCUT2D eigenvalue weighted by Crippen LogP contribution is -2.49. The molecule has 1 heterocycles. The summed E-state index contributed by atoms with van der Waals surface area (Å²) in [4.78, 5) is 26.4. The van der Waals surface area contributed by atoms with Gasteiger partial charge in [0.05, 0.1) is 5.92 Å². The first-order chi connectivity index (χ1) is 8.60. The number of aliphatic carboxylic acids is 1. The molecule has 18 heavy (non-hydrogen) atoms. The van der Waals surface area contributed by atoms with Crippen molar-refractivity contribution in [3.8, 4) is 0 Å². The van der Waals surface area contributed by atoms with Gasteiger partial charge in [-0.3, -0.25) is 4.79 Å². The quantitative estimate of drug-likeness (QED) is 0.757. The van der Waals surface area contributed by atoms with Crippen LogP contribution in [0.15, 0.2) is 0 Å². The van der Waals surface area contributed by atoms with Gasteiger partial charge >= 0.3 is 12.0 Å². The van der Waals surface area contributed by atoms with E-state index < -0.39 is 11.9 Å². The van der Waals surface area contributed by atoms with Crippen molar-refractivity contribution in [1.82, 2.24) is 9.80 Å². The van der Waals surface area contributed by atoms with Crippen LogP contribution in [0.2, 0.25) is 0 Å². The Bertz CT molecular complexity index is 296. The van der Waals surface area contributed by atoms with E-state index in [1.54, 1.807) is 9.80 Å². The molecule has 1 aliphatic heterocycles. The van der Waals surface area contributed by atoms with Gasteiger partial charge in [-0.25, -0.2) is 4.79 Å². The van der Waals surface area contributed by atoms with Crippen LogP contribution in [0.3, 0.4) is 0 Å². The molecule has 0 saturated carbocycles. The number of carboxylic acids is 1. The van der Waals surface area contributed by atoms with E-state index in [9.17, 15) is 9.59 Å². The lowest BCUT2D eigenvalue weighted by molar-refractivity contribution is -0.143. The largest absolute Gasteiger partial charge is 0.481 e. The first-order valence-electron chi connectivity index (χ1n) is 6.47. The molecule has 2 N–H and O–H groups in total. The van der Waals surface area contributed by atoms with Crippen LogP contribution in [0, 0.1) is 5.92 Å². The lowest BCUT2D eigenvalue weighted by atomic mass is 9.98. The zero-order valence-electron chi connectivity index (χ0n) is 10.8. The zero-order chi connectivity index (χ0) is 13.5. The van der Waals surface area contributed by atoms with E-state index in [1.165, 1.54) is 0 Å². The zero-order valence-corrected chi connectivity index (χ0v) is 10.8. The summed E-state index contributed by atoms with van der Waals surface area (Å²) in [5.41, 5.74) is 0. The highest BCUT2D eigenvalue weighted by molar-refractivity contribution is 5.76. The second-order valence-corrected chi connectivity index (χ2v) is 4.56. The molecule has 1 fully saturated rings. The van der Waals surface area contributed by atoms with Crippen molar-refractivity contribution in [2.45, 2.75) is 26.2 Å². The van der Waals surface area contributed by atoms with Gasteiger partial charge in [-0.2, -0.15) is 0 Å². The fraction of sp³-hybridized carbons (Fsp3) is 0.833. The van der Waals surface area contributed by atoms with Crippen molar-refractivity contribution in [1.29, 1.82) is 0 Å². The van der Waals surface area contributed by atoms with Gasteiger partial charge in [0.2, 0.25) is 0 Å². The van der Waals surface area contributed by atoms with E-state index in [-0.39, 0.29) is 12.6 Å². The van der Waals surface area contributed by atoms with Gasteiger partial charge < -0.3 is 20.0 Å². The number of urea groups is 1. The number of aliphatic hydroxyl groups excluding tert-OH is 1. The molecule has 0 aliphatic carbocycles. The van der Waals surface area contributed by atoms with Gasteiger partial charge in [-0.1, -0.05) is 0 Å². The maximum absolute atomic E-state index is 12.2. The summed E-state index contributed by atoms with van der Waals surface area (Å²) in [7, 11) is 0. The number of hydrogen-bond acceptors (Lipinski definition) is 3. The SMILES string of the molecule is CCN(CCCO)C(=O)N1CCC[C@H](C(=O)O)C1. The summed E-state index contributed by atoms with van der Waals surface area (Å²) in [6, 6.07) is -0.114. The van der Waals surface area contributed by atoms with Gasteiger partial charge in [-0.05, 0) is 26.2 Å². The number of carbonyl (C=O) groups is 2. The highest BCUT2D eigenvalue weighted by Gasteiger charge is 2.29. The van der Waals surface area contributed by atoms with Crippen molar-refractivity contribution in [2.75, 3.05) is 32.8 Å². The summed E-state index contributed by atoms with van der Waals surface area (Å²) in [6.07, 6.45) is 1.93. The van der Waals surface area contributed by atoms with E-state index in [0.717, 1.165) is 6.42 Å². The average Bonchev–Trinajstić information content (AvgIpc) is 2.39. The molecule has 0 bridgehead atoms. The lowest BCUT2D eigenvalue weighted by Gasteiger charge is -2.34. The molecule has 0 unspecified atom stereocenters. The van der Waals surface area contributed by atoms with Crippen LogP contribution in [0.4, 0.5) is 4.79 Å². The van der Waals surface area contributed by atoms with Crippen LogP contribution in [0.5, 0.6) is 0 Å². The molecule has 0 aromatic heterocycles. The summed E-state index contributed by atoms with van der Waals surface area (Å²) in [5, 5.41) is 17.8. The molecular weight excluding hydrogens is 236 g/mol. The van der Waals surface area contributed by atoms with Gasteiger partial charge in [0.1, 0.15) is 0 Å². The van der Waals surface area contributed by atoms with Crippen molar-refractivity contribution < 1.29 is 19.8 Å². The minimum Gasteiger partial charge on any atom is -0.481 e. The van der Waals surface area contributed by atoms with E-state index in [0.29, 0.717) is 39.0 Å². The first-order valence-corrected chi connectivity index (χ1v) is 6.47. The number of rotatable bonds is 5. The Kier molecular flexibility index (Phi) is 5.91. The minimum atomic E-state index is -0.828. The smallest absolute Gasteiger partial charge is 0.320 e. The maximum Gasteiger partial charge on any atom is 0.320 e. The average molecular weight is 258 g/mol. The Morgan fingerprint density at radius 2 is 2.17 bits per heavy atom. The number of carbonyl (C=O) groups excluding carboxylic acids is 1. The Labute approximate surface area is 107 Å². The van der Waals surface area contributed by atoms with E-state index >= 15 is 0 Å². The number of likely N-dealkylation sites (tertiary alicyclic amines) is 1.